The molecule has 0 spiro atoms. The number of nitrogens with zero attached hydrogens (tertiary/aromatic N) is 2. The van der Waals surface area contributed by atoms with Gasteiger partial charge in [-0.2, -0.15) is 0 Å². The van der Waals surface area contributed by atoms with Gasteiger partial charge in [0.15, 0.2) is 11.3 Å². The Morgan fingerprint density at radius 2 is 1.63 bits per heavy atom. The summed E-state index contributed by atoms with van der Waals surface area (Å²) in [6.45, 7) is 3.25. The van der Waals surface area contributed by atoms with Crippen molar-refractivity contribution in [2.24, 2.45) is 0 Å². The summed E-state index contributed by atoms with van der Waals surface area (Å²) in [7, 11) is 4.47. The number of nitrogens with one attached hydrogen (secondary N) is 1. The molecule has 1 atom stereocenters. The van der Waals surface area contributed by atoms with E-state index in [0.717, 1.165) is 35.7 Å². The van der Waals surface area contributed by atoms with Gasteiger partial charge in [0, 0.05) is 57.5 Å². The molecule has 0 bridgehead atoms. The molecule has 8 heteroatoms. The minimum atomic E-state index is -1.83. The van der Waals surface area contributed by atoms with Gasteiger partial charge in [-0.25, -0.2) is 0 Å². The normalized spacial score (nSPS) is 15.2. The SMILES string of the molecule is CNC(=O)[C@@](C)(C(=O)CO)N(C)C(=O)c1ccc(C#Cc2ccc(CN3CC(OC)C3)cc2)cc1. The van der Waals surface area contributed by atoms with Gasteiger partial charge in [0.1, 0.15) is 6.61 Å². The van der Waals surface area contributed by atoms with Crippen LogP contribution in [0.2, 0.25) is 0 Å². The number of Topliss-reactive ketones (excluding diaryl/α,β-unsaturated/α-hetero) is 1. The van der Waals surface area contributed by atoms with Crippen molar-refractivity contribution in [2.75, 3.05) is 40.9 Å². The minimum Gasteiger partial charge on any atom is -0.388 e. The van der Waals surface area contributed by atoms with E-state index < -0.39 is 29.7 Å². The largest absolute Gasteiger partial charge is 0.388 e. The number of likely N-dealkylation sites (N-methyl/N-ethyl adjacent to an activating group) is 2. The van der Waals surface area contributed by atoms with Gasteiger partial charge >= 0.3 is 0 Å². The highest BCUT2D eigenvalue weighted by atomic mass is 16.5. The maximum atomic E-state index is 13.0. The van der Waals surface area contributed by atoms with E-state index in [2.05, 4.69) is 34.2 Å². The second-order valence-electron chi connectivity index (χ2n) is 8.67. The number of ether oxygens (including phenoxy) is 1. The Bertz CT molecular complexity index is 1110. The molecule has 0 saturated carbocycles. The molecule has 2 amide bonds. The third-order valence-corrected chi connectivity index (χ3v) is 6.43. The van der Waals surface area contributed by atoms with Gasteiger partial charge < -0.3 is 20.1 Å². The Morgan fingerprint density at radius 3 is 2.11 bits per heavy atom. The summed E-state index contributed by atoms with van der Waals surface area (Å²) >= 11 is 0. The molecule has 0 unspecified atom stereocenters. The topological polar surface area (TPSA) is 99.2 Å². The average Bonchev–Trinajstić information content (AvgIpc) is 2.87. The van der Waals surface area contributed by atoms with E-state index in [1.807, 2.05) is 12.1 Å². The summed E-state index contributed by atoms with van der Waals surface area (Å²) in [4.78, 5) is 40.9. The minimum absolute atomic E-state index is 0.296. The summed E-state index contributed by atoms with van der Waals surface area (Å²) in [6, 6.07) is 14.7. The zero-order valence-electron chi connectivity index (χ0n) is 20.5. The van der Waals surface area contributed by atoms with Crippen LogP contribution in [0.4, 0.5) is 0 Å². The van der Waals surface area contributed by atoms with Crippen LogP contribution in [0, 0.1) is 11.8 Å². The van der Waals surface area contributed by atoms with E-state index in [9.17, 15) is 19.5 Å². The van der Waals surface area contributed by atoms with Gasteiger partial charge in [-0.15, -0.1) is 0 Å². The molecular weight excluding hydrogens is 446 g/mol. The van der Waals surface area contributed by atoms with Crippen LogP contribution in [0.1, 0.15) is 34.0 Å². The van der Waals surface area contributed by atoms with E-state index in [0.29, 0.717) is 11.7 Å². The summed E-state index contributed by atoms with van der Waals surface area (Å²) in [5.41, 5.74) is 1.30. The molecule has 1 aliphatic rings. The molecule has 0 aromatic heterocycles. The van der Waals surface area contributed by atoms with Crippen LogP contribution in [0.25, 0.3) is 0 Å². The number of hydrogen-bond donors (Lipinski definition) is 2. The highest BCUT2D eigenvalue weighted by molar-refractivity contribution is 6.14. The lowest BCUT2D eigenvalue weighted by Crippen LogP contribution is -2.62. The summed E-state index contributed by atoms with van der Waals surface area (Å²) in [6.07, 6.45) is 0.339. The van der Waals surface area contributed by atoms with Crippen LogP contribution in [0.3, 0.4) is 0 Å². The van der Waals surface area contributed by atoms with Crippen molar-refractivity contribution < 1.29 is 24.2 Å². The number of methoxy groups -OCH3 is 1. The van der Waals surface area contributed by atoms with Crippen LogP contribution in [0.15, 0.2) is 48.5 Å². The van der Waals surface area contributed by atoms with E-state index >= 15 is 0 Å². The summed E-state index contributed by atoms with van der Waals surface area (Å²) < 4.78 is 5.30. The van der Waals surface area contributed by atoms with Crippen LogP contribution in [-0.2, 0) is 20.9 Å². The maximum absolute atomic E-state index is 13.0. The maximum Gasteiger partial charge on any atom is 0.254 e. The van der Waals surface area contributed by atoms with Crippen molar-refractivity contribution in [1.29, 1.82) is 0 Å². The fourth-order valence-electron chi connectivity index (χ4n) is 3.85. The Balaban J connectivity index is 1.65. The summed E-state index contributed by atoms with van der Waals surface area (Å²) in [5.74, 6) is 4.24. The zero-order valence-corrected chi connectivity index (χ0v) is 20.5. The third-order valence-electron chi connectivity index (χ3n) is 6.43. The van der Waals surface area contributed by atoms with Gasteiger partial charge in [-0.1, -0.05) is 24.0 Å². The molecule has 2 aromatic carbocycles. The van der Waals surface area contributed by atoms with Crippen LogP contribution < -0.4 is 5.32 Å². The molecule has 0 radical (unpaired) electrons. The number of carbonyl (C=O) groups is 3. The second-order valence-corrected chi connectivity index (χ2v) is 8.67. The van der Waals surface area contributed by atoms with Crippen molar-refractivity contribution in [3.8, 4) is 11.8 Å². The van der Waals surface area contributed by atoms with Crippen molar-refractivity contribution in [2.45, 2.75) is 25.1 Å². The first-order valence-electron chi connectivity index (χ1n) is 11.3. The fourth-order valence-corrected chi connectivity index (χ4v) is 3.85. The highest BCUT2D eigenvalue weighted by Gasteiger charge is 2.46. The molecule has 0 aliphatic carbocycles. The number of rotatable bonds is 8. The molecule has 1 saturated heterocycles. The molecule has 35 heavy (non-hydrogen) atoms. The van der Waals surface area contributed by atoms with Crippen molar-refractivity contribution >= 4 is 17.6 Å². The van der Waals surface area contributed by atoms with Gasteiger partial charge in [0.2, 0.25) is 0 Å². The monoisotopic (exact) mass is 477 g/mol. The predicted molar refractivity (Wildman–Crippen MR) is 132 cm³/mol. The van der Waals surface area contributed by atoms with Crippen LogP contribution in [0.5, 0.6) is 0 Å². The number of hydrogen-bond acceptors (Lipinski definition) is 6. The Labute approximate surface area is 205 Å². The zero-order chi connectivity index (χ0) is 25.6. The van der Waals surface area contributed by atoms with E-state index in [1.165, 1.54) is 26.6 Å². The number of benzene rings is 2. The lowest BCUT2D eigenvalue weighted by atomic mass is 9.92. The van der Waals surface area contributed by atoms with Crippen molar-refractivity contribution in [3.05, 3.63) is 70.8 Å². The third kappa shape index (κ3) is 5.77. The number of carbonyl (C=O) groups excluding carboxylic acids is 3. The van der Waals surface area contributed by atoms with E-state index in [4.69, 9.17) is 4.74 Å². The number of likely N-dealkylation sites (tertiary alicyclic amines) is 1. The van der Waals surface area contributed by atoms with E-state index in [1.54, 1.807) is 31.4 Å². The van der Waals surface area contributed by atoms with Gasteiger partial charge in [0.05, 0.1) is 6.10 Å². The van der Waals surface area contributed by atoms with Gasteiger partial charge in [0.25, 0.3) is 11.8 Å². The quantitative estimate of drug-likeness (QED) is 0.436. The lowest BCUT2D eigenvalue weighted by Gasteiger charge is -2.38. The molecule has 184 valence electrons. The second kappa shape index (κ2) is 11.3. The Hall–Kier alpha value is -3.51. The molecule has 3 rings (SSSR count). The van der Waals surface area contributed by atoms with Crippen LogP contribution >= 0.6 is 0 Å². The summed E-state index contributed by atoms with van der Waals surface area (Å²) in [5, 5.41) is 11.7. The molecule has 1 fully saturated rings. The molecule has 2 N–H and O–H groups in total. The van der Waals surface area contributed by atoms with Crippen molar-refractivity contribution in [3.63, 3.8) is 0 Å². The Kier molecular flexibility index (Phi) is 8.41. The first kappa shape index (κ1) is 26.1. The smallest absolute Gasteiger partial charge is 0.254 e. The van der Waals surface area contributed by atoms with Crippen LogP contribution in [-0.4, -0.2) is 85.0 Å². The van der Waals surface area contributed by atoms with Gasteiger partial charge in [-0.3, -0.25) is 19.3 Å². The molecular formula is C27H31N3O5. The van der Waals surface area contributed by atoms with Crippen molar-refractivity contribution in [1.82, 2.24) is 15.1 Å². The number of aliphatic hydroxyl groups is 1. The predicted octanol–water partition coefficient (Wildman–Crippen LogP) is 1.06. The van der Waals surface area contributed by atoms with Gasteiger partial charge in [-0.05, 0) is 48.9 Å². The standard InChI is InChI=1S/C27H31N3O5/c1-27(24(32)18-31,26(34)28-2)29(3)25(33)22-13-11-20(12-14-22)6-5-19-7-9-21(10-8-19)15-30-16-23(17-30)35-4/h7-14,23,31H,15-18H2,1-4H3,(H,28,34)/t27-/m1/s1. The Morgan fingerprint density at radius 1 is 1.09 bits per heavy atom. The number of aliphatic hydroxyl groups excluding tert-OH is 1. The number of ketones is 1. The first-order chi connectivity index (χ1) is 16.7. The van der Waals surface area contributed by atoms with E-state index in [-0.39, 0.29) is 0 Å². The molecule has 1 aliphatic heterocycles. The lowest BCUT2D eigenvalue weighted by molar-refractivity contribution is -0.143. The average molecular weight is 478 g/mol. The molecule has 1 heterocycles. The highest BCUT2D eigenvalue weighted by Crippen LogP contribution is 2.19. The number of amides is 2. The molecule has 8 nitrogen and oxygen atoms in total. The fraction of sp³-hybridized carbons (Fsp3) is 0.370. The first-order valence-corrected chi connectivity index (χ1v) is 11.3. The molecule has 2 aromatic rings.